The third-order valence-electron chi connectivity index (χ3n) is 6.61. The number of nitrogens with one attached hydrogen (secondary N) is 2. The van der Waals surface area contributed by atoms with Gasteiger partial charge in [0.05, 0.1) is 18.1 Å². The summed E-state index contributed by atoms with van der Waals surface area (Å²) in [6, 6.07) is 17.1. The lowest BCUT2D eigenvalue weighted by Crippen LogP contribution is -2.45. The number of hydrogen-bond donors (Lipinski definition) is 3. The molecule has 1 aliphatic rings. The Morgan fingerprint density at radius 2 is 1.97 bits per heavy atom. The molecule has 1 aliphatic heterocycles. The Bertz CT molecular complexity index is 1480. The van der Waals surface area contributed by atoms with Gasteiger partial charge in [-0.15, -0.1) is 0 Å². The molecule has 0 amide bonds. The third-order valence-corrected chi connectivity index (χ3v) is 6.61. The van der Waals surface area contributed by atoms with Crippen molar-refractivity contribution in [3.8, 4) is 11.5 Å². The number of rotatable bonds is 7. The van der Waals surface area contributed by atoms with Crippen LogP contribution in [0.2, 0.25) is 0 Å². The highest BCUT2D eigenvalue weighted by Gasteiger charge is 2.34. The van der Waals surface area contributed by atoms with Gasteiger partial charge in [0, 0.05) is 40.2 Å². The van der Waals surface area contributed by atoms with Gasteiger partial charge in [-0.05, 0) is 48.4 Å². The highest BCUT2D eigenvalue weighted by molar-refractivity contribution is 5.87. The number of ether oxygens (including phenoxy) is 2. The van der Waals surface area contributed by atoms with Gasteiger partial charge >= 0.3 is 5.97 Å². The monoisotopic (exact) mass is 487 g/mol. The quantitative estimate of drug-likeness (QED) is 0.256. The summed E-state index contributed by atoms with van der Waals surface area (Å²) in [5, 5.41) is 25.2. The fraction of sp³-hybridized carbons (Fsp3) is 0.222. The van der Waals surface area contributed by atoms with Crippen LogP contribution in [0.3, 0.4) is 0 Å². The third kappa shape index (κ3) is 4.25. The van der Waals surface area contributed by atoms with Crippen LogP contribution in [0, 0.1) is 17.0 Å². The van der Waals surface area contributed by atoms with Crippen LogP contribution in [0.25, 0.3) is 10.9 Å². The minimum Gasteiger partial charge on any atom is -0.496 e. The molecule has 1 aromatic heterocycles. The van der Waals surface area contributed by atoms with Crippen molar-refractivity contribution < 1.29 is 24.3 Å². The number of nitro groups is 1. The summed E-state index contributed by atoms with van der Waals surface area (Å²) >= 11 is 0. The van der Waals surface area contributed by atoms with E-state index in [4.69, 9.17) is 9.47 Å². The van der Waals surface area contributed by atoms with Crippen LogP contribution in [0.5, 0.6) is 11.5 Å². The molecule has 9 nitrogen and oxygen atoms in total. The summed E-state index contributed by atoms with van der Waals surface area (Å²) in [7, 11) is 1.57. The smallest absolute Gasteiger partial charge is 0.321 e. The number of nitro benzene ring substituents is 1. The summed E-state index contributed by atoms with van der Waals surface area (Å²) in [4.78, 5) is 26.1. The Labute approximate surface area is 206 Å². The molecule has 3 aromatic carbocycles. The predicted molar refractivity (Wildman–Crippen MR) is 134 cm³/mol. The van der Waals surface area contributed by atoms with Gasteiger partial charge in [0.15, 0.2) is 0 Å². The summed E-state index contributed by atoms with van der Waals surface area (Å²) in [6.45, 7) is 1.83. The Hall–Kier alpha value is -4.37. The second-order valence-corrected chi connectivity index (χ2v) is 8.82. The van der Waals surface area contributed by atoms with Crippen molar-refractivity contribution >= 4 is 22.6 Å². The van der Waals surface area contributed by atoms with Gasteiger partial charge in [-0.25, -0.2) is 0 Å². The van der Waals surface area contributed by atoms with Crippen molar-refractivity contribution in [2.24, 2.45) is 0 Å². The van der Waals surface area contributed by atoms with Crippen molar-refractivity contribution in [1.82, 2.24) is 10.3 Å². The van der Waals surface area contributed by atoms with Crippen LogP contribution in [-0.2, 0) is 17.8 Å². The highest BCUT2D eigenvalue weighted by atomic mass is 16.6. The number of nitrogens with zero attached hydrogens (tertiary/aromatic N) is 1. The number of benzene rings is 3. The zero-order valence-electron chi connectivity index (χ0n) is 19.8. The zero-order chi connectivity index (χ0) is 25.4. The maximum Gasteiger partial charge on any atom is 0.321 e. The molecule has 0 bridgehead atoms. The summed E-state index contributed by atoms with van der Waals surface area (Å²) < 4.78 is 11.5. The molecule has 0 spiro atoms. The van der Waals surface area contributed by atoms with Crippen LogP contribution >= 0.6 is 0 Å². The van der Waals surface area contributed by atoms with E-state index in [-0.39, 0.29) is 18.3 Å². The number of aliphatic carboxylic acids is 1. The van der Waals surface area contributed by atoms with E-state index < -0.39 is 16.9 Å². The van der Waals surface area contributed by atoms with E-state index in [2.05, 4.69) is 10.3 Å². The molecular weight excluding hydrogens is 462 g/mol. The fourth-order valence-corrected chi connectivity index (χ4v) is 4.83. The molecule has 0 radical (unpaired) electrons. The number of methoxy groups -OCH3 is 1. The SMILES string of the molecule is COc1ccc([C@H]2N[C@@H](C(=O)O)Cc3c2[nH]c2ccccc32)cc1COc1ccc([N+](=O)[O-])c(C)c1. The number of carboxylic acid groups (broad SMARTS) is 1. The van der Waals surface area contributed by atoms with E-state index >= 15 is 0 Å². The first-order valence-corrected chi connectivity index (χ1v) is 11.5. The van der Waals surface area contributed by atoms with Gasteiger partial charge in [0.2, 0.25) is 0 Å². The minimum absolute atomic E-state index is 0.0347. The molecule has 0 saturated heterocycles. The number of carboxylic acids is 1. The average molecular weight is 488 g/mol. The Balaban J connectivity index is 1.49. The maximum absolute atomic E-state index is 12.0. The van der Waals surface area contributed by atoms with E-state index in [9.17, 15) is 20.0 Å². The Morgan fingerprint density at radius 1 is 1.17 bits per heavy atom. The average Bonchev–Trinajstić information content (AvgIpc) is 3.25. The molecule has 184 valence electrons. The summed E-state index contributed by atoms with van der Waals surface area (Å²) in [5.74, 6) is 0.228. The van der Waals surface area contributed by atoms with Gasteiger partial charge in [-0.3, -0.25) is 20.2 Å². The van der Waals surface area contributed by atoms with E-state index in [1.165, 1.54) is 6.07 Å². The molecule has 36 heavy (non-hydrogen) atoms. The van der Waals surface area contributed by atoms with Crippen molar-refractivity contribution in [1.29, 1.82) is 0 Å². The Kier molecular flexibility index (Phi) is 6.07. The number of H-pyrrole nitrogens is 1. The summed E-state index contributed by atoms with van der Waals surface area (Å²) in [5.41, 5.74) is 5.08. The lowest BCUT2D eigenvalue weighted by Gasteiger charge is -2.30. The number of aromatic nitrogens is 1. The number of carbonyl (C=O) groups is 1. The van der Waals surface area contributed by atoms with Gasteiger partial charge < -0.3 is 19.6 Å². The van der Waals surface area contributed by atoms with Gasteiger partial charge in [0.1, 0.15) is 24.1 Å². The van der Waals surface area contributed by atoms with Gasteiger partial charge in [-0.2, -0.15) is 0 Å². The topological polar surface area (TPSA) is 127 Å². The van der Waals surface area contributed by atoms with Crippen molar-refractivity contribution in [2.75, 3.05) is 7.11 Å². The molecule has 0 aliphatic carbocycles. The first kappa shape index (κ1) is 23.4. The van der Waals surface area contributed by atoms with Crippen molar-refractivity contribution in [3.05, 3.63) is 98.7 Å². The molecule has 0 unspecified atom stereocenters. The molecule has 0 fully saturated rings. The van der Waals surface area contributed by atoms with E-state index in [1.807, 2.05) is 42.5 Å². The number of aromatic amines is 1. The van der Waals surface area contributed by atoms with Gasteiger partial charge in [-0.1, -0.05) is 24.3 Å². The highest BCUT2D eigenvalue weighted by Crippen LogP contribution is 2.37. The molecule has 5 rings (SSSR count). The largest absolute Gasteiger partial charge is 0.496 e. The maximum atomic E-state index is 12.0. The normalized spacial score (nSPS) is 16.9. The molecular formula is C27H25N3O6. The molecule has 3 N–H and O–H groups in total. The van der Waals surface area contributed by atoms with E-state index in [1.54, 1.807) is 26.2 Å². The molecule has 4 aromatic rings. The van der Waals surface area contributed by atoms with Crippen LogP contribution in [-0.4, -0.2) is 34.1 Å². The minimum atomic E-state index is -0.901. The first-order valence-electron chi connectivity index (χ1n) is 11.5. The summed E-state index contributed by atoms with van der Waals surface area (Å²) in [6.07, 6.45) is 0.386. The standard InChI is InChI=1S/C27H25N3O6/c1-15-11-18(8-9-23(15)30(33)34)36-14-17-12-16(7-10-24(17)35-2)25-26-20(13-22(29-25)27(31)32)19-5-3-4-6-21(19)28-26/h3-12,22,25,28-29H,13-14H2,1-2H3,(H,31,32)/t22-,25-/m1/s1. The lowest BCUT2D eigenvalue weighted by molar-refractivity contribution is -0.385. The van der Waals surface area contributed by atoms with E-state index in [0.29, 0.717) is 23.5 Å². The second kappa shape index (κ2) is 9.35. The van der Waals surface area contributed by atoms with Crippen molar-refractivity contribution in [3.63, 3.8) is 0 Å². The first-order chi connectivity index (χ1) is 17.4. The van der Waals surface area contributed by atoms with Crippen LogP contribution < -0.4 is 14.8 Å². The number of fused-ring (bicyclic) bond motifs is 3. The molecule has 2 atom stereocenters. The lowest BCUT2D eigenvalue weighted by atomic mass is 9.89. The second-order valence-electron chi connectivity index (χ2n) is 8.82. The molecule has 2 heterocycles. The zero-order valence-corrected chi connectivity index (χ0v) is 19.8. The number of para-hydroxylation sites is 1. The number of aryl methyl sites for hydroxylation is 1. The molecule has 9 heteroatoms. The van der Waals surface area contributed by atoms with E-state index in [0.717, 1.165) is 33.3 Å². The van der Waals surface area contributed by atoms with Crippen LogP contribution in [0.15, 0.2) is 60.7 Å². The Morgan fingerprint density at radius 3 is 2.69 bits per heavy atom. The van der Waals surface area contributed by atoms with Crippen molar-refractivity contribution in [2.45, 2.75) is 32.0 Å². The van der Waals surface area contributed by atoms with Crippen LogP contribution in [0.4, 0.5) is 5.69 Å². The van der Waals surface area contributed by atoms with Gasteiger partial charge in [0.25, 0.3) is 5.69 Å². The predicted octanol–water partition coefficient (Wildman–Crippen LogP) is 4.66. The fourth-order valence-electron chi connectivity index (χ4n) is 4.83. The van der Waals surface area contributed by atoms with Crippen LogP contribution in [0.1, 0.15) is 34.0 Å². The number of hydrogen-bond acceptors (Lipinski definition) is 6. The molecule has 0 saturated carbocycles.